The van der Waals surface area contributed by atoms with Gasteiger partial charge in [0, 0.05) is 12.0 Å². The van der Waals surface area contributed by atoms with E-state index in [1.807, 2.05) is 0 Å². The molecule has 6 nitrogen and oxygen atoms in total. The van der Waals surface area contributed by atoms with Crippen LogP contribution in [-0.2, 0) is 10.0 Å². The van der Waals surface area contributed by atoms with Crippen LogP contribution >= 0.6 is 0 Å². The Balaban J connectivity index is 2.23. The van der Waals surface area contributed by atoms with Gasteiger partial charge in [0.15, 0.2) is 0 Å². The van der Waals surface area contributed by atoms with Gasteiger partial charge in [-0.3, -0.25) is 0 Å². The summed E-state index contributed by atoms with van der Waals surface area (Å²) in [7, 11) is -3.97. The molecule has 20 heavy (non-hydrogen) atoms. The molecule has 4 N–H and O–H groups in total. The number of benzene rings is 1. The van der Waals surface area contributed by atoms with E-state index in [1.165, 1.54) is 18.2 Å². The average Bonchev–Trinajstić information content (AvgIpc) is 2.85. The van der Waals surface area contributed by atoms with Crippen molar-refractivity contribution in [1.82, 2.24) is 4.72 Å². The Morgan fingerprint density at radius 1 is 1.40 bits per heavy atom. The van der Waals surface area contributed by atoms with Crippen molar-refractivity contribution in [3.05, 3.63) is 30.1 Å². The van der Waals surface area contributed by atoms with Crippen molar-refractivity contribution >= 4 is 15.9 Å². The van der Waals surface area contributed by atoms with E-state index < -0.39 is 26.8 Å². The molecule has 1 aliphatic rings. The highest BCUT2D eigenvalue weighted by Gasteiger charge is 2.34. The van der Waals surface area contributed by atoms with Gasteiger partial charge < -0.3 is 10.9 Å². The molecule has 0 radical (unpaired) electrons. The third-order valence-corrected chi connectivity index (χ3v) is 4.97. The number of oxime groups is 1. The number of hydrogen-bond acceptors (Lipinski definition) is 4. The highest BCUT2D eigenvalue weighted by molar-refractivity contribution is 7.89. The summed E-state index contributed by atoms with van der Waals surface area (Å²) in [4.78, 5) is -0.398. The maximum Gasteiger partial charge on any atom is 0.243 e. The summed E-state index contributed by atoms with van der Waals surface area (Å²) in [5, 5.41) is 11.6. The van der Waals surface area contributed by atoms with Crippen molar-refractivity contribution < 1.29 is 18.0 Å². The highest BCUT2D eigenvalue weighted by Crippen LogP contribution is 2.27. The Hall–Kier alpha value is -1.67. The maximum absolute atomic E-state index is 13.6. The van der Waals surface area contributed by atoms with Gasteiger partial charge in [0.1, 0.15) is 16.5 Å². The van der Waals surface area contributed by atoms with Crippen LogP contribution in [0.1, 0.15) is 19.3 Å². The van der Waals surface area contributed by atoms with Crippen molar-refractivity contribution in [2.45, 2.75) is 30.2 Å². The van der Waals surface area contributed by atoms with E-state index >= 15 is 0 Å². The second-order valence-corrected chi connectivity index (χ2v) is 6.40. The number of amidine groups is 1. The topological polar surface area (TPSA) is 105 Å². The minimum absolute atomic E-state index is 0.0104. The second kappa shape index (κ2) is 5.76. The maximum atomic E-state index is 13.6. The molecule has 2 unspecified atom stereocenters. The fourth-order valence-corrected chi connectivity index (χ4v) is 3.84. The van der Waals surface area contributed by atoms with Crippen molar-refractivity contribution in [2.75, 3.05) is 0 Å². The van der Waals surface area contributed by atoms with E-state index in [4.69, 9.17) is 10.9 Å². The second-order valence-electron chi connectivity index (χ2n) is 4.72. The number of hydrogen-bond donors (Lipinski definition) is 3. The number of nitrogens with zero attached hydrogens (tertiary/aromatic N) is 1. The molecule has 8 heteroatoms. The van der Waals surface area contributed by atoms with Gasteiger partial charge in [0.25, 0.3) is 0 Å². The van der Waals surface area contributed by atoms with Crippen LogP contribution < -0.4 is 10.5 Å². The Morgan fingerprint density at radius 2 is 2.10 bits per heavy atom. The van der Waals surface area contributed by atoms with Gasteiger partial charge in [-0.2, -0.15) is 0 Å². The molecule has 0 aliphatic heterocycles. The molecule has 0 spiro atoms. The predicted octanol–water partition coefficient (Wildman–Crippen LogP) is 1.02. The van der Waals surface area contributed by atoms with Crippen molar-refractivity contribution in [3.8, 4) is 0 Å². The molecule has 1 aliphatic carbocycles. The number of rotatable bonds is 4. The van der Waals surface area contributed by atoms with Gasteiger partial charge in [0.05, 0.1) is 0 Å². The van der Waals surface area contributed by atoms with Crippen molar-refractivity contribution in [1.29, 1.82) is 0 Å². The predicted molar refractivity (Wildman–Crippen MR) is 71.3 cm³/mol. The normalized spacial score (nSPS) is 23.9. The molecule has 1 aromatic carbocycles. The summed E-state index contributed by atoms with van der Waals surface area (Å²) < 4.78 is 40.4. The molecule has 0 bridgehead atoms. The zero-order chi connectivity index (χ0) is 14.8. The van der Waals surface area contributed by atoms with Crippen LogP contribution in [0.2, 0.25) is 0 Å². The van der Waals surface area contributed by atoms with Crippen LogP contribution in [0.4, 0.5) is 4.39 Å². The lowest BCUT2D eigenvalue weighted by atomic mass is 10.0. The number of sulfonamides is 1. The lowest BCUT2D eigenvalue weighted by Crippen LogP contribution is -2.42. The first-order valence-corrected chi connectivity index (χ1v) is 7.68. The molecule has 1 saturated carbocycles. The third kappa shape index (κ3) is 2.91. The van der Waals surface area contributed by atoms with Crippen LogP contribution in [0.3, 0.4) is 0 Å². The third-order valence-electron chi connectivity index (χ3n) is 3.44. The van der Waals surface area contributed by atoms with E-state index in [9.17, 15) is 12.8 Å². The summed E-state index contributed by atoms with van der Waals surface area (Å²) in [6.45, 7) is 0. The Bertz CT molecular complexity index is 618. The number of halogens is 1. The highest BCUT2D eigenvalue weighted by atomic mass is 32.2. The quantitative estimate of drug-likeness (QED) is 0.334. The fourth-order valence-electron chi connectivity index (χ4n) is 2.45. The lowest BCUT2D eigenvalue weighted by molar-refractivity contribution is 0.312. The summed E-state index contributed by atoms with van der Waals surface area (Å²) >= 11 is 0. The zero-order valence-corrected chi connectivity index (χ0v) is 11.5. The molecule has 2 atom stereocenters. The van der Waals surface area contributed by atoms with E-state index in [0.29, 0.717) is 12.8 Å². The van der Waals surface area contributed by atoms with Gasteiger partial charge in [-0.05, 0) is 25.0 Å². The summed E-state index contributed by atoms with van der Waals surface area (Å²) in [5.41, 5.74) is 5.55. The average molecular weight is 301 g/mol. The minimum atomic E-state index is -3.97. The monoisotopic (exact) mass is 301 g/mol. The Kier molecular flexibility index (Phi) is 4.24. The summed E-state index contributed by atoms with van der Waals surface area (Å²) in [5.74, 6) is -1.19. The van der Waals surface area contributed by atoms with Crippen molar-refractivity contribution in [2.24, 2.45) is 16.8 Å². The van der Waals surface area contributed by atoms with E-state index in [-0.39, 0.29) is 11.8 Å². The first-order chi connectivity index (χ1) is 9.45. The molecule has 0 saturated heterocycles. The lowest BCUT2D eigenvalue weighted by Gasteiger charge is -2.19. The molecule has 1 aromatic rings. The summed E-state index contributed by atoms with van der Waals surface area (Å²) in [6.07, 6.45) is 1.94. The van der Waals surface area contributed by atoms with E-state index in [2.05, 4.69) is 9.88 Å². The molecule has 0 aromatic heterocycles. The number of nitrogens with two attached hydrogens (primary N) is 1. The Morgan fingerprint density at radius 3 is 2.75 bits per heavy atom. The van der Waals surface area contributed by atoms with Gasteiger partial charge in [-0.25, -0.2) is 17.5 Å². The molecule has 2 rings (SSSR count). The SMILES string of the molecule is NC(=NO)C1CCCC1NS(=O)(=O)c1ccccc1F. The van der Waals surface area contributed by atoms with E-state index in [0.717, 1.165) is 12.5 Å². The van der Waals surface area contributed by atoms with Crippen LogP contribution in [0, 0.1) is 11.7 Å². The van der Waals surface area contributed by atoms with Gasteiger partial charge in [-0.15, -0.1) is 0 Å². The van der Waals surface area contributed by atoms with Gasteiger partial charge in [-0.1, -0.05) is 23.7 Å². The van der Waals surface area contributed by atoms with Gasteiger partial charge in [0.2, 0.25) is 10.0 Å². The fraction of sp³-hybridized carbons (Fsp3) is 0.417. The van der Waals surface area contributed by atoms with Gasteiger partial charge >= 0.3 is 0 Å². The van der Waals surface area contributed by atoms with Crippen LogP contribution in [0.15, 0.2) is 34.3 Å². The Labute approximate surface area is 116 Å². The van der Waals surface area contributed by atoms with E-state index in [1.54, 1.807) is 0 Å². The first-order valence-electron chi connectivity index (χ1n) is 6.20. The molecular formula is C12H16FN3O3S. The van der Waals surface area contributed by atoms with Crippen LogP contribution in [0.5, 0.6) is 0 Å². The van der Waals surface area contributed by atoms with Crippen LogP contribution in [-0.4, -0.2) is 25.5 Å². The molecule has 110 valence electrons. The smallest absolute Gasteiger partial charge is 0.243 e. The zero-order valence-electron chi connectivity index (χ0n) is 10.7. The van der Waals surface area contributed by atoms with Crippen molar-refractivity contribution in [3.63, 3.8) is 0 Å². The summed E-state index contributed by atoms with van der Waals surface area (Å²) in [6, 6.07) is 4.67. The molecule has 0 heterocycles. The largest absolute Gasteiger partial charge is 0.409 e. The molecular weight excluding hydrogens is 285 g/mol. The number of nitrogens with one attached hydrogen (secondary N) is 1. The standard InChI is InChI=1S/C12H16FN3O3S/c13-9-5-1-2-7-11(9)20(18,19)16-10-6-3-4-8(10)12(14)15-17/h1-2,5,7-8,10,16-17H,3-4,6H2,(H2,14,15). The van der Waals surface area contributed by atoms with Crippen LogP contribution in [0.25, 0.3) is 0 Å². The molecule has 0 amide bonds. The first kappa shape index (κ1) is 14.7. The molecule has 1 fully saturated rings. The minimum Gasteiger partial charge on any atom is -0.409 e.